The Labute approximate surface area is 478 Å². The van der Waals surface area contributed by atoms with Crippen LogP contribution in [0.1, 0.15) is 17.5 Å². The van der Waals surface area contributed by atoms with Crippen LogP contribution in [0, 0.1) is 0 Å². The van der Waals surface area contributed by atoms with E-state index in [0.29, 0.717) is 0 Å². The molecule has 3 aliphatic heterocycles. The number of aliphatic carboxylic acids is 1. The number of phenolic OH excluding ortho intramolecular Hbond substituents is 6. The Kier molecular flexibility index (Phi) is 19.7. The van der Waals surface area contributed by atoms with Crippen LogP contribution in [0.3, 0.4) is 0 Å². The number of rotatable bonds is 20. The van der Waals surface area contributed by atoms with Gasteiger partial charge in [-0.25, -0.2) is 14.0 Å². The highest BCUT2D eigenvalue weighted by Crippen LogP contribution is 2.44. The van der Waals surface area contributed by atoms with Gasteiger partial charge in [-0.2, -0.15) is 0 Å². The molecule has 14 atom stereocenters. The van der Waals surface area contributed by atoms with Gasteiger partial charge in [0.2, 0.25) is 24.1 Å². The van der Waals surface area contributed by atoms with Gasteiger partial charge in [0.1, 0.15) is 91.5 Å². The lowest BCUT2D eigenvalue weighted by atomic mass is 9.98. The average molecular weight is 1200 g/mol. The maximum absolute atomic E-state index is 13.5. The number of benzene rings is 4. The summed E-state index contributed by atoms with van der Waals surface area (Å²) < 4.78 is 68.4. The van der Waals surface area contributed by atoms with Crippen molar-refractivity contribution in [2.24, 2.45) is 0 Å². The number of aliphatic hydroxyl groups is 7. The first-order chi connectivity index (χ1) is 40.4. The fourth-order valence-electron chi connectivity index (χ4n) is 8.79. The molecule has 3 saturated heterocycles. The van der Waals surface area contributed by atoms with E-state index >= 15 is 0 Å². The topological polar surface area (TPSA) is 464 Å². The van der Waals surface area contributed by atoms with E-state index in [0.717, 1.165) is 54.6 Å². The van der Waals surface area contributed by atoms with E-state index in [1.54, 1.807) is 0 Å². The summed E-state index contributed by atoms with van der Waals surface area (Å²) in [4.78, 5) is 49.6. The number of carboxylic acids is 1. The van der Waals surface area contributed by atoms with E-state index < -0.39 is 176 Å². The maximum atomic E-state index is 13.5. The van der Waals surface area contributed by atoms with Gasteiger partial charge in [-0.3, -0.25) is 9.59 Å². The minimum Gasteiger partial charge on any atom is -0.507 e. The molecule has 5 unspecified atom stereocenters. The number of fused-ring (bicyclic) bond motifs is 1. The van der Waals surface area contributed by atoms with Crippen LogP contribution in [0.25, 0.3) is 34.4 Å². The summed E-state index contributed by atoms with van der Waals surface area (Å²) in [5.74, 6) is -9.57. The lowest BCUT2D eigenvalue weighted by molar-refractivity contribution is -0.345. The van der Waals surface area contributed by atoms with Crippen molar-refractivity contribution in [3.8, 4) is 68.8 Å². The fraction of sp³-hybridized carbons (Fsp3) is 0.364. The first-order valence-corrected chi connectivity index (χ1v) is 25.3. The van der Waals surface area contributed by atoms with Gasteiger partial charge >= 0.3 is 35.2 Å². The van der Waals surface area contributed by atoms with Crippen LogP contribution in [0.15, 0.2) is 83.3 Å². The molecule has 3 fully saturated rings. The van der Waals surface area contributed by atoms with Gasteiger partial charge in [-0.1, -0.05) is 6.07 Å². The average Bonchev–Trinajstić information content (AvgIpc) is 2.19. The Morgan fingerprint density at radius 3 is 1.86 bits per heavy atom. The molecule has 4 heterocycles. The number of hydrogen-bond donors (Lipinski definition) is 14. The zero-order valence-corrected chi connectivity index (χ0v) is 44.4. The smallest absolute Gasteiger partial charge is 0.402 e. The first-order valence-electron chi connectivity index (χ1n) is 25.3. The Balaban J connectivity index is 1.16. The molecule has 0 radical (unpaired) electrons. The highest BCUT2D eigenvalue weighted by Gasteiger charge is 2.52. The number of aliphatic hydroxyl groups excluding tert-OH is 7. The number of carbonyl (C=O) groups is 4. The molecular formula is C55H57O30+. The van der Waals surface area contributed by atoms with Crippen LogP contribution in [0.5, 0.6) is 57.5 Å². The van der Waals surface area contributed by atoms with E-state index in [-0.39, 0.29) is 50.7 Å². The molecule has 4 aromatic carbocycles. The molecule has 3 aliphatic rings. The molecule has 5 aromatic rings. The SMILES string of the molecule is COc1cc(/C=C/C(=O)OC2[C@H](O[C@@H]3C(O)[C@H](O)C(COC(=O)/C=C/c4ccc(O)c(O)c4)O[C@H]3Oc3cc4c(O[C@@H]5OC(COC(=O)CC(=O)O)[C@@H](O)[C@H](O)C5O)cc(O)cc4[o+]c3-c3ccc(O)c(O)c3)OC[C@@H](O)[C@@H]2O)cc(OC)c1O. The number of carbonyl (C=O) groups excluding carboxylic acids is 3. The molecule has 0 saturated carbocycles. The molecule has 85 heavy (non-hydrogen) atoms. The van der Waals surface area contributed by atoms with E-state index in [9.17, 15) is 85.6 Å². The van der Waals surface area contributed by atoms with Crippen molar-refractivity contribution < 1.29 is 147 Å². The van der Waals surface area contributed by atoms with Crippen LogP contribution in [0.2, 0.25) is 0 Å². The summed E-state index contributed by atoms with van der Waals surface area (Å²) in [5, 5.41) is 149. The summed E-state index contributed by atoms with van der Waals surface area (Å²) in [5.41, 5.74) is 0.122. The van der Waals surface area contributed by atoms with Crippen LogP contribution in [0.4, 0.5) is 0 Å². The molecular weight excluding hydrogens is 1140 g/mol. The molecule has 0 aliphatic carbocycles. The molecule has 14 N–H and O–H groups in total. The van der Waals surface area contributed by atoms with Crippen molar-refractivity contribution in [2.45, 2.75) is 92.4 Å². The monoisotopic (exact) mass is 1200 g/mol. The summed E-state index contributed by atoms with van der Waals surface area (Å²) in [6.07, 6.45) is -24.4. The normalized spacial score (nSPS) is 26.8. The summed E-state index contributed by atoms with van der Waals surface area (Å²) in [7, 11) is 2.54. The van der Waals surface area contributed by atoms with Crippen molar-refractivity contribution in [1.29, 1.82) is 0 Å². The molecule has 0 bridgehead atoms. The minimum atomic E-state index is -2.20. The number of esters is 3. The Morgan fingerprint density at radius 1 is 0.588 bits per heavy atom. The van der Waals surface area contributed by atoms with Gasteiger partial charge in [0.25, 0.3) is 0 Å². The number of hydrogen-bond acceptors (Lipinski definition) is 28. The van der Waals surface area contributed by atoms with Gasteiger partial charge in [-0.15, -0.1) is 0 Å². The van der Waals surface area contributed by atoms with E-state index in [1.807, 2.05) is 0 Å². The standard InChI is InChI=1S/C55H56O30/c1-74-34-12-23(13-35(75-2)44(34)68)5-10-41(65)84-51-43(67)31(61)19-78-54(51)85-52-48(72)46(70)38(20-76-40(64)9-4-22-3-7-27(57)29(59)11-22)83-55(52)81-36-17-26-32(79-50(36)24-6-8-28(58)30(60)14-24)15-25(56)16-33(26)80-53-49(73)47(71)45(69)37(82-53)21-77-42(66)18-39(62)63/h3-17,31,37-38,43,45-49,51-55,61,67,69-73H,18-21H2,1-2H3,(H6-,56,57,58,59,60,62,63,64,65,68)/p+1/t31-,37?,38?,43+,45-,46-,47+,48?,49?,51?,52-,53-,54+,55-/m1/s1. The number of aromatic hydroxyl groups is 6. The zero-order valence-electron chi connectivity index (χ0n) is 44.4. The van der Waals surface area contributed by atoms with Gasteiger partial charge in [0.15, 0.2) is 53.0 Å². The van der Waals surface area contributed by atoms with Crippen molar-refractivity contribution in [1.82, 2.24) is 0 Å². The highest BCUT2D eigenvalue weighted by atomic mass is 16.8. The molecule has 30 heteroatoms. The van der Waals surface area contributed by atoms with Crippen LogP contribution < -0.4 is 18.9 Å². The van der Waals surface area contributed by atoms with Crippen molar-refractivity contribution in [3.05, 3.63) is 90.0 Å². The Bertz CT molecular complexity index is 3280. The van der Waals surface area contributed by atoms with Crippen molar-refractivity contribution in [2.75, 3.05) is 34.0 Å². The van der Waals surface area contributed by atoms with Gasteiger partial charge in [0, 0.05) is 30.4 Å². The molecule has 0 amide bonds. The molecule has 456 valence electrons. The third kappa shape index (κ3) is 14.6. The number of ether oxygens (including phenoxy) is 11. The Morgan fingerprint density at radius 2 is 1.20 bits per heavy atom. The second-order valence-corrected chi connectivity index (χ2v) is 19.1. The Hall–Kier alpha value is -8.79. The van der Waals surface area contributed by atoms with Gasteiger partial charge < -0.3 is 124 Å². The first kappa shape index (κ1) is 62.3. The lowest BCUT2D eigenvalue weighted by Crippen LogP contribution is -2.64. The van der Waals surface area contributed by atoms with Crippen LogP contribution in [-0.4, -0.2) is 215 Å². The predicted octanol–water partition coefficient (Wildman–Crippen LogP) is 0.00660. The van der Waals surface area contributed by atoms with Crippen LogP contribution in [-0.2, 0) is 52.3 Å². The molecule has 1 aromatic heterocycles. The molecule has 0 spiro atoms. The second-order valence-electron chi connectivity index (χ2n) is 19.1. The van der Waals surface area contributed by atoms with Crippen molar-refractivity contribution in [3.63, 3.8) is 0 Å². The second kappa shape index (κ2) is 26.8. The van der Waals surface area contributed by atoms with Crippen molar-refractivity contribution >= 4 is 47.0 Å². The largest absolute Gasteiger partial charge is 0.507 e. The molecule has 30 nitrogen and oxygen atoms in total. The third-order valence-corrected chi connectivity index (χ3v) is 13.2. The predicted molar refractivity (Wildman–Crippen MR) is 279 cm³/mol. The van der Waals surface area contributed by atoms with Gasteiger partial charge in [-0.05, 0) is 59.7 Å². The summed E-state index contributed by atoms with van der Waals surface area (Å²) in [6.45, 7) is -2.39. The summed E-state index contributed by atoms with van der Waals surface area (Å²) in [6, 6.07) is 12.8. The minimum absolute atomic E-state index is 0.0271. The maximum Gasteiger partial charge on any atom is 0.402 e. The number of carboxylic acid groups (broad SMARTS) is 1. The zero-order chi connectivity index (χ0) is 61.6. The summed E-state index contributed by atoms with van der Waals surface area (Å²) >= 11 is 0. The third-order valence-electron chi connectivity index (χ3n) is 13.2. The quantitative estimate of drug-likeness (QED) is 0.0122. The number of methoxy groups -OCH3 is 2. The molecule has 8 rings (SSSR count). The van der Waals surface area contributed by atoms with Gasteiger partial charge in [0.05, 0.1) is 32.5 Å². The highest BCUT2D eigenvalue weighted by molar-refractivity contribution is 5.91. The van der Waals surface area contributed by atoms with Crippen LogP contribution >= 0.6 is 0 Å². The van der Waals surface area contributed by atoms with E-state index in [4.69, 9.17) is 61.6 Å². The number of phenols is 6. The lowest BCUT2D eigenvalue weighted by Gasteiger charge is -2.45. The fourth-order valence-corrected chi connectivity index (χ4v) is 8.79. The van der Waals surface area contributed by atoms with E-state index in [1.165, 1.54) is 50.6 Å². The van der Waals surface area contributed by atoms with E-state index in [2.05, 4.69) is 0 Å².